The van der Waals surface area contributed by atoms with E-state index >= 15 is 0 Å². The van der Waals surface area contributed by atoms with E-state index in [0.29, 0.717) is 6.61 Å². The van der Waals surface area contributed by atoms with Crippen molar-refractivity contribution in [3.8, 4) is 5.75 Å². The van der Waals surface area contributed by atoms with E-state index in [2.05, 4.69) is 0 Å². The Balaban J connectivity index is 1.97. The second-order valence-corrected chi connectivity index (χ2v) is 5.12. The summed E-state index contributed by atoms with van der Waals surface area (Å²) in [5.41, 5.74) is 2.18. The molecule has 0 spiro atoms. The number of benzene rings is 2. The molecule has 0 heterocycles. The van der Waals surface area contributed by atoms with E-state index in [1.54, 1.807) is 0 Å². The lowest BCUT2D eigenvalue weighted by Gasteiger charge is -2.18. The lowest BCUT2D eigenvalue weighted by Crippen LogP contribution is -2.15. The van der Waals surface area contributed by atoms with Crippen LogP contribution in [-0.2, 0) is 11.3 Å². The van der Waals surface area contributed by atoms with Gasteiger partial charge in [0.25, 0.3) is 0 Å². The van der Waals surface area contributed by atoms with Gasteiger partial charge in [0.1, 0.15) is 12.4 Å². The molecule has 2 aromatic carbocycles. The number of aliphatic hydroxyl groups excluding tert-OH is 1. The van der Waals surface area contributed by atoms with Gasteiger partial charge in [0.2, 0.25) is 0 Å². The molecule has 2 aromatic rings. The molecule has 3 nitrogen and oxygen atoms in total. The zero-order valence-corrected chi connectivity index (χ0v) is 12.5. The van der Waals surface area contributed by atoms with Gasteiger partial charge in [0.05, 0.1) is 18.8 Å². The molecule has 0 saturated carbocycles. The van der Waals surface area contributed by atoms with Crippen molar-refractivity contribution in [1.29, 1.82) is 0 Å². The SMILES string of the molecule is C[C@@H](CO)O[C@H](C)c1cccc(OCc2ccccc2)c1. The van der Waals surface area contributed by atoms with Gasteiger partial charge < -0.3 is 14.6 Å². The zero-order valence-electron chi connectivity index (χ0n) is 12.5. The maximum Gasteiger partial charge on any atom is 0.120 e. The molecule has 2 rings (SSSR count). The highest BCUT2D eigenvalue weighted by atomic mass is 16.5. The summed E-state index contributed by atoms with van der Waals surface area (Å²) in [4.78, 5) is 0. The van der Waals surface area contributed by atoms with Crippen LogP contribution in [0.15, 0.2) is 54.6 Å². The van der Waals surface area contributed by atoms with Gasteiger partial charge in [-0.3, -0.25) is 0 Å². The predicted octanol–water partition coefficient (Wildman–Crippen LogP) is 3.72. The van der Waals surface area contributed by atoms with E-state index in [1.165, 1.54) is 0 Å². The van der Waals surface area contributed by atoms with Crippen LogP contribution >= 0.6 is 0 Å². The minimum Gasteiger partial charge on any atom is -0.489 e. The monoisotopic (exact) mass is 286 g/mol. The summed E-state index contributed by atoms with van der Waals surface area (Å²) in [5, 5.41) is 9.05. The Morgan fingerprint density at radius 3 is 2.48 bits per heavy atom. The first kappa shape index (κ1) is 15.5. The summed E-state index contributed by atoms with van der Waals surface area (Å²) < 4.78 is 11.5. The topological polar surface area (TPSA) is 38.7 Å². The third-order valence-corrected chi connectivity index (χ3v) is 3.27. The van der Waals surface area contributed by atoms with Crippen molar-refractivity contribution in [3.05, 3.63) is 65.7 Å². The minimum absolute atomic E-state index is 0.0224. The van der Waals surface area contributed by atoms with Crippen LogP contribution in [0, 0.1) is 0 Å². The van der Waals surface area contributed by atoms with E-state index in [0.717, 1.165) is 16.9 Å². The van der Waals surface area contributed by atoms with Crippen LogP contribution in [0.4, 0.5) is 0 Å². The van der Waals surface area contributed by atoms with Crippen LogP contribution < -0.4 is 4.74 Å². The predicted molar refractivity (Wildman–Crippen MR) is 83.3 cm³/mol. The van der Waals surface area contributed by atoms with E-state index < -0.39 is 0 Å². The average Bonchev–Trinajstić information content (AvgIpc) is 2.54. The highest BCUT2D eigenvalue weighted by molar-refractivity contribution is 5.30. The fraction of sp³-hybridized carbons (Fsp3) is 0.333. The molecular formula is C18H22O3. The van der Waals surface area contributed by atoms with E-state index in [4.69, 9.17) is 14.6 Å². The Morgan fingerprint density at radius 1 is 1.00 bits per heavy atom. The summed E-state index contributed by atoms with van der Waals surface area (Å²) in [7, 11) is 0. The first-order chi connectivity index (χ1) is 10.2. The van der Waals surface area contributed by atoms with Gasteiger partial charge in [-0.25, -0.2) is 0 Å². The van der Waals surface area contributed by atoms with E-state index in [1.807, 2.05) is 68.4 Å². The summed E-state index contributed by atoms with van der Waals surface area (Å²) in [6, 6.07) is 18.0. The van der Waals surface area contributed by atoms with Gasteiger partial charge in [-0.05, 0) is 37.1 Å². The molecular weight excluding hydrogens is 264 g/mol. The summed E-state index contributed by atoms with van der Waals surface area (Å²) in [5.74, 6) is 0.823. The van der Waals surface area contributed by atoms with Gasteiger partial charge in [0.15, 0.2) is 0 Å². The third kappa shape index (κ3) is 4.88. The second kappa shape index (κ2) is 7.81. The van der Waals surface area contributed by atoms with Crippen LogP contribution in [0.25, 0.3) is 0 Å². The highest BCUT2D eigenvalue weighted by Crippen LogP contribution is 2.23. The van der Waals surface area contributed by atoms with Gasteiger partial charge in [-0.1, -0.05) is 42.5 Å². The largest absolute Gasteiger partial charge is 0.489 e. The smallest absolute Gasteiger partial charge is 0.120 e. The summed E-state index contributed by atoms with van der Waals surface area (Å²) in [6.45, 7) is 4.40. The van der Waals surface area contributed by atoms with Gasteiger partial charge in [0, 0.05) is 0 Å². The molecule has 0 fully saturated rings. The standard InChI is InChI=1S/C18H22O3/c1-14(12-19)21-15(2)17-9-6-10-18(11-17)20-13-16-7-4-3-5-8-16/h3-11,14-15,19H,12-13H2,1-2H3/t14-,15+/m0/s1. The van der Waals surface area contributed by atoms with Crippen LogP contribution in [0.2, 0.25) is 0 Å². The molecule has 3 heteroatoms. The van der Waals surface area contributed by atoms with E-state index in [-0.39, 0.29) is 18.8 Å². The Kier molecular flexibility index (Phi) is 5.78. The quantitative estimate of drug-likeness (QED) is 0.843. The lowest BCUT2D eigenvalue weighted by molar-refractivity contribution is -0.0220. The zero-order chi connectivity index (χ0) is 15.1. The number of aliphatic hydroxyl groups is 1. The molecule has 2 atom stereocenters. The van der Waals surface area contributed by atoms with Crippen molar-refractivity contribution in [3.63, 3.8) is 0 Å². The Hall–Kier alpha value is -1.84. The van der Waals surface area contributed by atoms with Gasteiger partial charge in [-0.2, -0.15) is 0 Å². The molecule has 0 saturated heterocycles. The minimum atomic E-state index is -0.172. The Morgan fingerprint density at radius 2 is 1.76 bits per heavy atom. The molecule has 0 aromatic heterocycles. The number of rotatable bonds is 7. The average molecular weight is 286 g/mol. The van der Waals surface area contributed by atoms with Crippen molar-refractivity contribution in [1.82, 2.24) is 0 Å². The number of hydrogen-bond acceptors (Lipinski definition) is 3. The molecule has 0 aliphatic heterocycles. The molecule has 1 N–H and O–H groups in total. The molecule has 0 unspecified atom stereocenters. The summed E-state index contributed by atoms with van der Waals surface area (Å²) in [6.07, 6.45) is -0.249. The van der Waals surface area contributed by atoms with Crippen molar-refractivity contribution in [2.45, 2.75) is 32.7 Å². The maximum absolute atomic E-state index is 9.05. The molecule has 0 amide bonds. The highest BCUT2D eigenvalue weighted by Gasteiger charge is 2.10. The van der Waals surface area contributed by atoms with Gasteiger partial charge >= 0.3 is 0 Å². The number of ether oxygens (including phenoxy) is 2. The van der Waals surface area contributed by atoms with Crippen molar-refractivity contribution >= 4 is 0 Å². The Bertz CT molecular complexity index is 539. The molecule has 0 aliphatic rings. The van der Waals surface area contributed by atoms with Gasteiger partial charge in [-0.15, -0.1) is 0 Å². The van der Waals surface area contributed by atoms with Crippen molar-refractivity contribution in [2.75, 3.05) is 6.61 Å². The molecule has 112 valence electrons. The van der Waals surface area contributed by atoms with Crippen LogP contribution in [-0.4, -0.2) is 17.8 Å². The van der Waals surface area contributed by atoms with Crippen molar-refractivity contribution in [2.24, 2.45) is 0 Å². The fourth-order valence-electron chi connectivity index (χ4n) is 2.07. The molecule has 21 heavy (non-hydrogen) atoms. The lowest BCUT2D eigenvalue weighted by atomic mass is 10.1. The maximum atomic E-state index is 9.05. The second-order valence-electron chi connectivity index (χ2n) is 5.12. The first-order valence-electron chi connectivity index (χ1n) is 7.22. The number of hydrogen-bond donors (Lipinski definition) is 1. The van der Waals surface area contributed by atoms with Crippen molar-refractivity contribution < 1.29 is 14.6 Å². The fourth-order valence-corrected chi connectivity index (χ4v) is 2.07. The Labute approximate surface area is 126 Å². The van der Waals surface area contributed by atoms with E-state index in [9.17, 15) is 0 Å². The molecule has 0 bridgehead atoms. The first-order valence-corrected chi connectivity index (χ1v) is 7.22. The van der Waals surface area contributed by atoms with Crippen LogP contribution in [0.1, 0.15) is 31.1 Å². The normalized spacial score (nSPS) is 13.7. The molecule has 0 radical (unpaired) electrons. The molecule has 0 aliphatic carbocycles. The summed E-state index contributed by atoms with van der Waals surface area (Å²) >= 11 is 0. The van der Waals surface area contributed by atoms with Crippen LogP contribution in [0.3, 0.4) is 0 Å². The third-order valence-electron chi connectivity index (χ3n) is 3.27. The van der Waals surface area contributed by atoms with Crippen LogP contribution in [0.5, 0.6) is 5.75 Å².